The Morgan fingerprint density at radius 1 is 1.17 bits per heavy atom. The van der Waals surface area contributed by atoms with Gasteiger partial charge in [-0.25, -0.2) is 4.99 Å². The zero-order valence-corrected chi connectivity index (χ0v) is 23.7. The molecule has 11 heteroatoms. The molecule has 1 fully saturated rings. The Morgan fingerprint density at radius 3 is 2.66 bits per heavy atom. The van der Waals surface area contributed by atoms with Gasteiger partial charge in [-0.3, -0.25) is 4.79 Å². The molecule has 1 heterocycles. The number of hydrogen-bond donors (Lipinski definition) is 2. The van der Waals surface area contributed by atoms with Gasteiger partial charge in [0.15, 0.2) is 11.6 Å². The van der Waals surface area contributed by atoms with Crippen LogP contribution in [0.25, 0.3) is 10.4 Å². The van der Waals surface area contributed by atoms with Crippen molar-refractivity contribution in [2.75, 3.05) is 19.8 Å². The van der Waals surface area contributed by atoms with Crippen LogP contribution in [0.3, 0.4) is 0 Å². The molecule has 0 aromatic heterocycles. The molecule has 212 valence electrons. The average molecular weight is 594 g/mol. The predicted octanol–water partition coefficient (Wildman–Crippen LogP) is 6.72. The Bertz CT molecular complexity index is 1490. The number of benzene rings is 3. The lowest BCUT2D eigenvalue weighted by Gasteiger charge is -2.31. The summed E-state index contributed by atoms with van der Waals surface area (Å²) >= 11 is 12.9. The summed E-state index contributed by atoms with van der Waals surface area (Å²) in [6, 6.07) is 19.3. The second-order valence-corrected chi connectivity index (χ2v) is 10.9. The fourth-order valence-electron chi connectivity index (χ4n) is 4.78. The average Bonchev–Trinajstić information content (AvgIpc) is 3.73. The van der Waals surface area contributed by atoms with Crippen LogP contribution in [0.5, 0.6) is 5.75 Å². The molecule has 0 unspecified atom stereocenters. The number of nitrogens with one attached hydrogen (secondary N) is 1. The summed E-state index contributed by atoms with van der Waals surface area (Å²) < 4.78 is 12.2. The largest absolute Gasteiger partial charge is 0.494 e. The van der Waals surface area contributed by atoms with Crippen molar-refractivity contribution in [3.05, 3.63) is 104 Å². The van der Waals surface area contributed by atoms with E-state index in [4.69, 9.17) is 42.8 Å². The molecule has 1 aliphatic heterocycles. The van der Waals surface area contributed by atoms with Crippen LogP contribution in [0.1, 0.15) is 42.1 Å². The van der Waals surface area contributed by atoms with Gasteiger partial charge in [0.2, 0.25) is 5.90 Å². The number of ether oxygens (including phenoxy) is 2. The maximum Gasteiger partial charge on any atom is 0.252 e. The van der Waals surface area contributed by atoms with Crippen LogP contribution in [-0.4, -0.2) is 42.2 Å². The van der Waals surface area contributed by atoms with Crippen LogP contribution in [0.2, 0.25) is 10.0 Å². The van der Waals surface area contributed by atoms with Crippen molar-refractivity contribution in [1.29, 1.82) is 0 Å². The summed E-state index contributed by atoms with van der Waals surface area (Å²) in [7, 11) is 0. The van der Waals surface area contributed by atoms with Crippen LogP contribution in [0, 0.1) is 5.92 Å². The zero-order chi connectivity index (χ0) is 28.8. The minimum Gasteiger partial charge on any atom is -0.494 e. The highest BCUT2D eigenvalue weighted by molar-refractivity contribution is 6.35. The number of hydrogen-bond acceptors (Lipinski definition) is 6. The Hall–Kier alpha value is -3.75. The van der Waals surface area contributed by atoms with Gasteiger partial charge in [0.1, 0.15) is 5.75 Å². The molecule has 3 aromatic rings. The summed E-state index contributed by atoms with van der Waals surface area (Å²) in [5.74, 6) is 1.03. The molecule has 3 aromatic carbocycles. The summed E-state index contributed by atoms with van der Waals surface area (Å²) in [5.41, 5.74) is 9.95. The van der Waals surface area contributed by atoms with E-state index < -0.39 is 11.6 Å². The molecular formula is C30H29Cl2N5O4. The van der Waals surface area contributed by atoms with E-state index in [1.54, 1.807) is 54.6 Å². The number of azide groups is 1. The first kappa shape index (κ1) is 28.8. The normalized spacial score (nSPS) is 19.6. The van der Waals surface area contributed by atoms with E-state index in [-0.39, 0.29) is 24.8 Å². The number of aliphatic imine (C=N–C) groups is 1. The number of amides is 1. The maximum atomic E-state index is 14.2. The summed E-state index contributed by atoms with van der Waals surface area (Å²) in [5, 5.41) is 16.8. The zero-order valence-electron chi connectivity index (χ0n) is 22.2. The van der Waals surface area contributed by atoms with E-state index in [0.29, 0.717) is 63.7 Å². The van der Waals surface area contributed by atoms with Crippen LogP contribution in [-0.2, 0) is 16.0 Å². The summed E-state index contributed by atoms with van der Waals surface area (Å²) in [6.07, 6.45) is 1.85. The number of aliphatic hydroxyl groups excluding tert-OH is 1. The molecule has 1 amide bonds. The van der Waals surface area contributed by atoms with Gasteiger partial charge in [0.05, 0.1) is 6.61 Å². The molecular weight excluding hydrogens is 565 g/mol. The highest BCUT2D eigenvalue weighted by atomic mass is 35.5. The number of halogens is 2. The molecule has 41 heavy (non-hydrogen) atoms. The number of carbonyl (C=O) groups excluding carboxylic acids is 1. The summed E-state index contributed by atoms with van der Waals surface area (Å²) in [6.45, 7) is 0.967. The number of nitrogens with zero attached hydrogens (tertiary/aromatic N) is 4. The SMILES string of the molecule is [N-]=[N+]=Nc1ccccc1C[C@@]1(C(=O)NCC2CC2)N=C(c2ccc(OCCCO)cc2)O[C@@H]1c1ccc(Cl)cc1Cl. The molecule has 2 aliphatic rings. The molecule has 1 aliphatic carbocycles. The fourth-order valence-corrected chi connectivity index (χ4v) is 5.29. The standard InChI is InChI=1S/C30H29Cl2N5O4/c31-22-10-13-24(25(32)16-22)27-30(29(39)34-18-19-6-7-19,17-21-4-1-2-5-26(21)36-37-33)35-28(41-27)20-8-11-23(12-9-20)40-15-3-14-38/h1-2,4-5,8-13,16,19,27,38H,3,6-7,14-15,17-18H2,(H,34,39)/t27-,30-/m1/s1. The second-order valence-electron chi connectivity index (χ2n) is 10.1. The highest BCUT2D eigenvalue weighted by Gasteiger charge is 2.54. The molecule has 2 atom stereocenters. The number of carbonyl (C=O) groups is 1. The van der Waals surface area contributed by atoms with Crippen molar-refractivity contribution in [3.63, 3.8) is 0 Å². The minimum absolute atomic E-state index is 0.0467. The van der Waals surface area contributed by atoms with Gasteiger partial charge in [-0.1, -0.05) is 58.6 Å². The molecule has 9 nitrogen and oxygen atoms in total. The van der Waals surface area contributed by atoms with Crippen molar-refractivity contribution >= 4 is 40.7 Å². The van der Waals surface area contributed by atoms with Gasteiger partial charge in [-0.15, -0.1) is 0 Å². The van der Waals surface area contributed by atoms with Crippen molar-refractivity contribution in [2.45, 2.75) is 37.3 Å². The van der Waals surface area contributed by atoms with Gasteiger partial charge in [0, 0.05) is 57.8 Å². The van der Waals surface area contributed by atoms with E-state index in [1.165, 1.54) is 0 Å². The maximum absolute atomic E-state index is 14.2. The van der Waals surface area contributed by atoms with Gasteiger partial charge in [-0.05, 0) is 66.3 Å². The van der Waals surface area contributed by atoms with E-state index >= 15 is 0 Å². The molecule has 0 saturated heterocycles. The Labute approximate surface area is 247 Å². The minimum atomic E-state index is -1.47. The first-order chi connectivity index (χ1) is 19.9. The van der Waals surface area contributed by atoms with Gasteiger partial charge >= 0.3 is 0 Å². The van der Waals surface area contributed by atoms with Crippen molar-refractivity contribution in [2.24, 2.45) is 16.0 Å². The van der Waals surface area contributed by atoms with E-state index in [0.717, 1.165) is 12.8 Å². The third-order valence-electron chi connectivity index (χ3n) is 7.13. The van der Waals surface area contributed by atoms with Crippen LogP contribution >= 0.6 is 23.2 Å². The first-order valence-corrected chi connectivity index (χ1v) is 14.2. The Kier molecular flexibility index (Phi) is 9.00. The number of aliphatic hydroxyl groups is 1. The van der Waals surface area contributed by atoms with Crippen molar-refractivity contribution in [3.8, 4) is 5.75 Å². The molecule has 0 spiro atoms. The van der Waals surface area contributed by atoms with Crippen LogP contribution < -0.4 is 10.1 Å². The third-order valence-corrected chi connectivity index (χ3v) is 7.69. The van der Waals surface area contributed by atoms with Gasteiger partial charge in [0.25, 0.3) is 5.91 Å². The van der Waals surface area contributed by atoms with E-state index in [9.17, 15) is 10.3 Å². The van der Waals surface area contributed by atoms with E-state index in [2.05, 4.69) is 15.3 Å². The lowest BCUT2D eigenvalue weighted by atomic mass is 9.81. The molecule has 0 radical (unpaired) electrons. The summed E-state index contributed by atoms with van der Waals surface area (Å²) in [4.78, 5) is 22.2. The van der Waals surface area contributed by atoms with Crippen molar-refractivity contribution in [1.82, 2.24) is 5.32 Å². The Morgan fingerprint density at radius 2 is 1.95 bits per heavy atom. The quantitative estimate of drug-likeness (QED) is 0.104. The lowest BCUT2D eigenvalue weighted by molar-refractivity contribution is -0.129. The molecule has 0 bridgehead atoms. The molecule has 1 saturated carbocycles. The lowest BCUT2D eigenvalue weighted by Crippen LogP contribution is -2.50. The topological polar surface area (TPSA) is 129 Å². The monoisotopic (exact) mass is 593 g/mol. The van der Waals surface area contributed by atoms with Gasteiger partial charge in [-0.2, -0.15) is 0 Å². The first-order valence-electron chi connectivity index (χ1n) is 13.4. The smallest absolute Gasteiger partial charge is 0.252 e. The predicted molar refractivity (Wildman–Crippen MR) is 158 cm³/mol. The van der Waals surface area contributed by atoms with E-state index in [1.807, 2.05) is 12.1 Å². The van der Waals surface area contributed by atoms with Crippen LogP contribution in [0.4, 0.5) is 5.69 Å². The van der Waals surface area contributed by atoms with Gasteiger partial charge < -0.3 is 19.9 Å². The van der Waals surface area contributed by atoms with Crippen LogP contribution in [0.15, 0.2) is 76.8 Å². The number of rotatable bonds is 12. The highest BCUT2D eigenvalue weighted by Crippen LogP contribution is 2.46. The fraction of sp³-hybridized carbons (Fsp3) is 0.333. The molecule has 5 rings (SSSR count). The third kappa shape index (κ3) is 6.60. The van der Waals surface area contributed by atoms with Crippen molar-refractivity contribution < 1.29 is 19.4 Å². The second kappa shape index (κ2) is 12.8. The molecule has 2 N–H and O–H groups in total. The Balaban J connectivity index is 1.60.